The van der Waals surface area contributed by atoms with E-state index in [1.54, 1.807) is 13.2 Å². The average Bonchev–Trinajstić information content (AvgIpc) is 3.10. The Bertz CT molecular complexity index is 947. The Kier molecular flexibility index (Phi) is 5.54. The highest BCUT2D eigenvalue weighted by Gasteiger charge is 2.14. The molecule has 0 spiro atoms. The first kappa shape index (κ1) is 18.0. The Morgan fingerprint density at radius 2 is 1.96 bits per heavy atom. The lowest BCUT2D eigenvalue weighted by molar-refractivity contribution is 0.415. The third-order valence-corrected chi connectivity index (χ3v) is 4.93. The van der Waals surface area contributed by atoms with E-state index in [-0.39, 0.29) is 5.82 Å². The van der Waals surface area contributed by atoms with Crippen LogP contribution in [-0.2, 0) is 12.3 Å². The molecule has 3 aromatic rings. The molecule has 0 aliphatic carbocycles. The number of hydrogen-bond acceptors (Lipinski definition) is 5. The highest BCUT2D eigenvalue weighted by atomic mass is 32.2. The van der Waals surface area contributed by atoms with Gasteiger partial charge in [-0.25, -0.2) is 4.39 Å². The van der Waals surface area contributed by atoms with Gasteiger partial charge in [-0.05, 0) is 55.0 Å². The van der Waals surface area contributed by atoms with E-state index in [0.717, 1.165) is 17.1 Å². The van der Waals surface area contributed by atoms with Crippen molar-refractivity contribution >= 4 is 11.8 Å². The number of rotatable bonds is 6. The minimum Gasteiger partial charge on any atom is -0.497 e. The summed E-state index contributed by atoms with van der Waals surface area (Å²) in [6.45, 7) is 2.70. The van der Waals surface area contributed by atoms with Gasteiger partial charge in [-0.15, -0.1) is 10.2 Å². The van der Waals surface area contributed by atoms with E-state index in [1.807, 2.05) is 41.8 Å². The van der Waals surface area contributed by atoms with Crippen molar-refractivity contribution < 1.29 is 9.13 Å². The zero-order chi connectivity index (χ0) is 18.5. The van der Waals surface area contributed by atoms with Crippen LogP contribution in [0.2, 0.25) is 0 Å². The van der Waals surface area contributed by atoms with Gasteiger partial charge < -0.3 is 9.30 Å². The largest absolute Gasteiger partial charge is 0.497 e. The van der Waals surface area contributed by atoms with E-state index in [9.17, 15) is 4.39 Å². The number of halogens is 1. The van der Waals surface area contributed by atoms with Gasteiger partial charge in [0.2, 0.25) is 0 Å². The molecule has 5 nitrogen and oxygen atoms in total. The van der Waals surface area contributed by atoms with Crippen molar-refractivity contribution in [1.29, 1.82) is 5.26 Å². The van der Waals surface area contributed by atoms with E-state index in [2.05, 4.69) is 10.2 Å². The Hall–Kier alpha value is -2.85. The van der Waals surface area contributed by atoms with Crippen LogP contribution in [0.1, 0.15) is 18.1 Å². The summed E-state index contributed by atoms with van der Waals surface area (Å²) in [5.41, 5.74) is 1.85. The van der Waals surface area contributed by atoms with Gasteiger partial charge >= 0.3 is 0 Å². The van der Waals surface area contributed by atoms with E-state index in [1.165, 1.54) is 23.9 Å². The van der Waals surface area contributed by atoms with Crippen molar-refractivity contribution in [3.63, 3.8) is 0 Å². The molecule has 0 aliphatic rings. The van der Waals surface area contributed by atoms with Gasteiger partial charge in [-0.3, -0.25) is 0 Å². The third-order valence-electron chi connectivity index (χ3n) is 3.91. The van der Waals surface area contributed by atoms with Crippen LogP contribution in [0.15, 0.2) is 47.6 Å². The number of nitriles is 1. The molecule has 0 atom stereocenters. The lowest BCUT2D eigenvalue weighted by atomic mass is 10.1. The molecule has 26 heavy (non-hydrogen) atoms. The van der Waals surface area contributed by atoms with Gasteiger partial charge in [0.15, 0.2) is 11.0 Å². The summed E-state index contributed by atoms with van der Waals surface area (Å²) >= 11 is 1.40. The van der Waals surface area contributed by atoms with E-state index < -0.39 is 0 Å². The smallest absolute Gasteiger partial charge is 0.191 e. The molecular weight excluding hydrogens is 351 g/mol. The predicted molar refractivity (Wildman–Crippen MR) is 98.4 cm³/mol. The number of methoxy groups -OCH3 is 1. The summed E-state index contributed by atoms with van der Waals surface area (Å²) in [5.74, 6) is 1.58. The minimum atomic E-state index is -0.325. The Morgan fingerprint density at radius 1 is 1.19 bits per heavy atom. The van der Waals surface area contributed by atoms with Crippen LogP contribution in [-0.4, -0.2) is 21.9 Å². The molecule has 0 bridgehead atoms. The van der Waals surface area contributed by atoms with Crippen molar-refractivity contribution in [2.24, 2.45) is 0 Å². The average molecular weight is 368 g/mol. The second-order valence-electron chi connectivity index (χ2n) is 5.49. The van der Waals surface area contributed by atoms with E-state index in [0.29, 0.717) is 28.6 Å². The molecule has 7 heteroatoms. The number of thioether (sulfide) groups is 1. The quantitative estimate of drug-likeness (QED) is 0.608. The van der Waals surface area contributed by atoms with Gasteiger partial charge in [0.25, 0.3) is 0 Å². The molecule has 0 aliphatic heterocycles. The number of hydrogen-bond donors (Lipinski definition) is 0. The maximum absolute atomic E-state index is 14.0. The fraction of sp³-hybridized carbons (Fsp3) is 0.211. The van der Waals surface area contributed by atoms with Crippen LogP contribution in [0.4, 0.5) is 4.39 Å². The SMILES string of the molecule is CCn1c(SCc2cc(C#N)ccc2F)nnc1-c1ccc(OC)cc1. The fourth-order valence-electron chi connectivity index (χ4n) is 2.53. The Morgan fingerprint density at radius 3 is 2.62 bits per heavy atom. The first-order chi connectivity index (χ1) is 12.7. The zero-order valence-corrected chi connectivity index (χ0v) is 15.3. The molecule has 0 saturated carbocycles. The Balaban J connectivity index is 1.83. The van der Waals surface area contributed by atoms with Crippen LogP contribution in [0.5, 0.6) is 5.75 Å². The van der Waals surface area contributed by atoms with Crippen molar-refractivity contribution in [3.05, 3.63) is 59.4 Å². The molecule has 0 unspecified atom stereocenters. The molecule has 3 rings (SSSR count). The first-order valence-electron chi connectivity index (χ1n) is 8.05. The normalized spacial score (nSPS) is 10.5. The summed E-state index contributed by atoms with van der Waals surface area (Å²) in [4.78, 5) is 0. The minimum absolute atomic E-state index is 0.325. The summed E-state index contributed by atoms with van der Waals surface area (Å²) < 4.78 is 21.1. The zero-order valence-electron chi connectivity index (χ0n) is 14.4. The van der Waals surface area contributed by atoms with Crippen LogP contribution in [0, 0.1) is 17.1 Å². The first-order valence-corrected chi connectivity index (χ1v) is 9.03. The molecule has 132 valence electrons. The van der Waals surface area contributed by atoms with Crippen LogP contribution in [0.25, 0.3) is 11.4 Å². The molecule has 1 heterocycles. The van der Waals surface area contributed by atoms with E-state index in [4.69, 9.17) is 10.00 Å². The maximum atomic E-state index is 14.0. The van der Waals surface area contributed by atoms with Gasteiger partial charge in [0.1, 0.15) is 11.6 Å². The summed E-state index contributed by atoms with van der Waals surface area (Å²) in [6.07, 6.45) is 0. The Labute approximate surface area is 155 Å². The lowest BCUT2D eigenvalue weighted by Crippen LogP contribution is -2.00. The molecule has 0 saturated heterocycles. The number of ether oxygens (including phenoxy) is 1. The van der Waals surface area contributed by atoms with Gasteiger partial charge in [-0.2, -0.15) is 5.26 Å². The molecule has 2 aromatic carbocycles. The maximum Gasteiger partial charge on any atom is 0.191 e. The van der Waals surface area contributed by atoms with E-state index >= 15 is 0 Å². The van der Waals surface area contributed by atoms with Crippen molar-refractivity contribution in [1.82, 2.24) is 14.8 Å². The topological polar surface area (TPSA) is 63.7 Å². The second kappa shape index (κ2) is 8.02. The molecule has 0 radical (unpaired) electrons. The third kappa shape index (κ3) is 3.70. The van der Waals surface area contributed by atoms with Crippen molar-refractivity contribution in [3.8, 4) is 23.2 Å². The summed E-state index contributed by atoms with van der Waals surface area (Å²) in [7, 11) is 1.62. The van der Waals surface area contributed by atoms with Crippen LogP contribution >= 0.6 is 11.8 Å². The number of aromatic nitrogens is 3. The lowest BCUT2D eigenvalue weighted by Gasteiger charge is -2.08. The summed E-state index contributed by atoms with van der Waals surface area (Å²) in [6, 6.07) is 14.0. The standard InChI is InChI=1S/C19H17FN4OS/c1-3-24-18(14-5-7-16(25-2)8-6-14)22-23-19(24)26-12-15-10-13(11-21)4-9-17(15)20/h4-10H,3,12H2,1-2H3. The van der Waals surface area contributed by atoms with Gasteiger partial charge in [-0.1, -0.05) is 11.8 Å². The number of nitrogens with zero attached hydrogens (tertiary/aromatic N) is 4. The molecule has 0 fully saturated rings. The van der Waals surface area contributed by atoms with Gasteiger partial charge in [0.05, 0.1) is 18.7 Å². The van der Waals surface area contributed by atoms with Crippen LogP contribution in [0.3, 0.4) is 0 Å². The molecular formula is C19H17FN4OS. The second-order valence-corrected chi connectivity index (χ2v) is 6.43. The predicted octanol–water partition coefficient (Wildman–Crippen LogP) is 4.28. The molecule has 1 aromatic heterocycles. The number of benzene rings is 2. The van der Waals surface area contributed by atoms with Gasteiger partial charge in [0, 0.05) is 17.9 Å². The highest BCUT2D eigenvalue weighted by molar-refractivity contribution is 7.98. The highest BCUT2D eigenvalue weighted by Crippen LogP contribution is 2.28. The molecule has 0 N–H and O–H groups in total. The summed E-state index contributed by atoms with van der Waals surface area (Å²) in [5, 5.41) is 18.2. The monoisotopic (exact) mass is 368 g/mol. The fourth-order valence-corrected chi connectivity index (χ4v) is 3.51. The van der Waals surface area contributed by atoms with Crippen molar-refractivity contribution in [2.75, 3.05) is 7.11 Å². The van der Waals surface area contributed by atoms with Crippen molar-refractivity contribution in [2.45, 2.75) is 24.4 Å². The molecule has 0 amide bonds. The van der Waals surface area contributed by atoms with Crippen LogP contribution < -0.4 is 4.74 Å².